The van der Waals surface area contributed by atoms with Crippen LogP contribution in [0.4, 0.5) is 11.4 Å². The Labute approximate surface area is 178 Å². The van der Waals surface area contributed by atoms with Gasteiger partial charge in [0.1, 0.15) is 5.75 Å². The first-order valence-corrected chi connectivity index (χ1v) is 11.0. The van der Waals surface area contributed by atoms with Gasteiger partial charge in [-0.15, -0.1) is 0 Å². The lowest BCUT2D eigenvalue weighted by Gasteiger charge is -2.10. The van der Waals surface area contributed by atoms with Gasteiger partial charge in [0.05, 0.1) is 4.90 Å². The van der Waals surface area contributed by atoms with Gasteiger partial charge in [-0.25, -0.2) is 8.42 Å². The van der Waals surface area contributed by atoms with E-state index in [1.54, 1.807) is 24.3 Å². The van der Waals surface area contributed by atoms with Gasteiger partial charge in [0.15, 0.2) is 6.61 Å². The van der Waals surface area contributed by atoms with Crippen molar-refractivity contribution < 1.29 is 17.9 Å². The molecule has 0 aromatic heterocycles. The number of hydrogen-bond donors (Lipinski definition) is 2. The third kappa shape index (κ3) is 6.07. The molecular formula is C21H19BrN2O4S. The van der Waals surface area contributed by atoms with Crippen molar-refractivity contribution in [1.82, 2.24) is 0 Å². The average Bonchev–Trinajstić information content (AvgIpc) is 2.70. The van der Waals surface area contributed by atoms with Gasteiger partial charge in [-0.2, -0.15) is 0 Å². The molecule has 3 rings (SSSR count). The fraction of sp³-hybridized carbons (Fsp3) is 0.0952. The fourth-order valence-electron chi connectivity index (χ4n) is 2.43. The first-order chi connectivity index (χ1) is 13.8. The highest BCUT2D eigenvalue weighted by Gasteiger charge is 2.14. The zero-order valence-electron chi connectivity index (χ0n) is 15.6. The van der Waals surface area contributed by atoms with Crippen molar-refractivity contribution in [3.8, 4) is 5.75 Å². The van der Waals surface area contributed by atoms with E-state index >= 15 is 0 Å². The fourth-order valence-corrected chi connectivity index (χ4v) is 3.75. The van der Waals surface area contributed by atoms with Gasteiger partial charge < -0.3 is 10.1 Å². The maximum absolute atomic E-state index is 12.5. The van der Waals surface area contributed by atoms with E-state index in [1.807, 2.05) is 31.2 Å². The van der Waals surface area contributed by atoms with Gasteiger partial charge in [0.25, 0.3) is 15.9 Å². The average molecular weight is 475 g/mol. The highest BCUT2D eigenvalue weighted by Crippen LogP contribution is 2.21. The number of carbonyl (C=O) groups excluding carboxylic acids is 1. The summed E-state index contributed by atoms with van der Waals surface area (Å²) in [5.41, 5.74) is 2.25. The van der Waals surface area contributed by atoms with Crippen molar-refractivity contribution in [3.63, 3.8) is 0 Å². The van der Waals surface area contributed by atoms with E-state index in [-0.39, 0.29) is 17.4 Å². The number of carbonyl (C=O) groups is 1. The Bertz CT molecular complexity index is 1080. The molecule has 150 valence electrons. The summed E-state index contributed by atoms with van der Waals surface area (Å²) in [5, 5.41) is 2.73. The molecule has 6 nitrogen and oxygen atoms in total. The minimum atomic E-state index is -3.72. The molecule has 0 heterocycles. The van der Waals surface area contributed by atoms with Crippen molar-refractivity contribution in [2.45, 2.75) is 11.8 Å². The Hall–Kier alpha value is -2.84. The Balaban J connectivity index is 1.57. The molecule has 0 radical (unpaired) electrons. The summed E-state index contributed by atoms with van der Waals surface area (Å²) in [6.45, 7) is 1.78. The Morgan fingerprint density at radius 1 is 0.897 bits per heavy atom. The topological polar surface area (TPSA) is 84.5 Å². The molecule has 0 aliphatic carbocycles. The van der Waals surface area contributed by atoms with Crippen LogP contribution in [0.3, 0.4) is 0 Å². The number of anilines is 2. The SMILES string of the molecule is Cc1ccc(NC(=O)COc2ccc(S(=O)(=O)Nc3ccc(Br)cc3)cc2)cc1. The predicted molar refractivity (Wildman–Crippen MR) is 117 cm³/mol. The van der Waals surface area contributed by atoms with E-state index in [4.69, 9.17) is 4.74 Å². The lowest BCUT2D eigenvalue weighted by Crippen LogP contribution is -2.20. The summed E-state index contributed by atoms with van der Waals surface area (Å²) in [6.07, 6.45) is 0. The van der Waals surface area contributed by atoms with Crippen LogP contribution in [-0.2, 0) is 14.8 Å². The normalized spacial score (nSPS) is 11.0. The van der Waals surface area contributed by atoms with Gasteiger partial charge in [-0.3, -0.25) is 9.52 Å². The Kier molecular flexibility index (Phi) is 6.56. The van der Waals surface area contributed by atoms with Gasteiger partial charge in [-0.1, -0.05) is 33.6 Å². The zero-order chi connectivity index (χ0) is 20.9. The lowest BCUT2D eigenvalue weighted by molar-refractivity contribution is -0.118. The molecule has 0 saturated carbocycles. The van der Waals surface area contributed by atoms with Crippen molar-refractivity contribution in [2.24, 2.45) is 0 Å². The number of hydrogen-bond acceptors (Lipinski definition) is 4. The van der Waals surface area contributed by atoms with E-state index in [1.165, 1.54) is 24.3 Å². The Morgan fingerprint density at radius 3 is 2.10 bits per heavy atom. The maximum atomic E-state index is 12.5. The van der Waals surface area contributed by atoms with E-state index in [0.717, 1.165) is 10.0 Å². The highest BCUT2D eigenvalue weighted by atomic mass is 79.9. The van der Waals surface area contributed by atoms with E-state index in [2.05, 4.69) is 26.0 Å². The van der Waals surface area contributed by atoms with E-state index in [0.29, 0.717) is 17.1 Å². The number of benzene rings is 3. The van der Waals surface area contributed by atoms with E-state index in [9.17, 15) is 13.2 Å². The second kappa shape index (κ2) is 9.11. The van der Waals surface area contributed by atoms with Crippen LogP contribution in [0.2, 0.25) is 0 Å². The van der Waals surface area contributed by atoms with Gasteiger partial charge in [-0.05, 0) is 67.6 Å². The summed E-state index contributed by atoms with van der Waals surface area (Å²) in [4.78, 5) is 12.1. The minimum Gasteiger partial charge on any atom is -0.484 e. The van der Waals surface area contributed by atoms with E-state index < -0.39 is 10.0 Å². The summed E-state index contributed by atoms with van der Waals surface area (Å²) in [6, 6.07) is 20.1. The predicted octanol–water partition coefficient (Wildman–Crippen LogP) is 4.58. The van der Waals surface area contributed by atoms with Crippen LogP contribution in [0, 0.1) is 6.92 Å². The summed E-state index contributed by atoms with van der Waals surface area (Å²) in [7, 11) is -3.72. The second-order valence-corrected chi connectivity index (χ2v) is 8.88. The maximum Gasteiger partial charge on any atom is 0.262 e. The molecule has 3 aromatic carbocycles. The Morgan fingerprint density at radius 2 is 1.48 bits per heavy atom. The molecule has 0 atom stereocenters. The standard InChI is InChI=1S/C21H19BrN2O4S/c1-15-2-6-17(7-3-15)23-21(25)14-28-19-10-12-20(13-11-19)29(26,27)24-18-8-4-16(22)5-9-18/h2-13,24H,14H2,1H3,(H,23,25). The largest absolute Gasteiger partial charge is 0.484 e. The number of rotatable bonds is 7. The van der Waals surface area contributed by atoms with Crippen LogP contribution >= 0.6 is 15.9 Å². The van der Waals surface area contributed by atoms with Crippen LogP contribution in [0.15, 0.2) is 82.2 Å². The van der Waals surface area contributed by atoms with Crippen LogP contribution in [0.25, 0.3) is 0 Å². The van der Waals surface area contributed by atoms with Crippen molar-refractivity contribution in [1.29, 1.82) is 0 Å². The van der Waals surface area contributed by atoms with Crippen molar-refractivity contribution in [3.05, 3.63) is 82.8 Å². The molecule has 0 spiro atoms. The molecule has 3 aromatic rings. The zero-order valence-corrected chi connectivity index (χ0v) is 18.0. The van der Waals surface area contributed by atoms with Crippen molar-refractivity contribution in [2.75, 3.05) is 16.6 Å². The van der Waals surface area contributed by atoms with Gasteiger partial charge >= 0.3 is 0 Å². The quantitative estimate of drug-likeness (QED) is 0.524. The lowest BCUT2D eigenvalue weighted by atomic mass is 10.2. The molecule has 0 aliphatic heterocycles. The summed E-state index contributed by atoms with van der Waals surface area (Å²) in [5.74, 6) is 0.0918. The number of sulfonamides is 1. The third-order valence-electron chi connectivity index (χ3n) is 3.94. The molecule has 0 unspecified atom stereocenters. The summed E-state index contributed by atoms with van der Waals surface area (Å²) < 4.78 is 33.7. The number of amides is 1. The number of nitrogens with one attached hydrogen (secondary N) is 2. The monoisotopic (exact) mass is 474 g/mol. The summed E-state index contributed by atoms with van der Waals surface area (Å²) >= 11 is 3.30. The first-order valence-electron chi connectivity index (χ1n) is 8.70. The number of halogens is 1. The molecule has 8 heteroatoms. The van der Waals surface area contributed by atoms with Gasteiger partial charge in [0.2, 0.25) is 0 Å². The van der Waals surface area contributed by atoms with Crippen LogP contribution in [0.1, 0.15) is 5.56 Å². The molecular weight excluding hydrogens is 456 g/mol. The molecule has 1 amide bonds. The van der Waals surface area contributed by atoms with Crippen LogP contribution in [-0.4, -0.2) is 20.9 Å². The second-order valence-electron chi connectivity index (χ2n) is 6.29. The molecule has 2 N–H and O–H groups in total. The first kappa shape index (κ1) is 20.9. The van der Waals surface area contributed by atoms with Crippen molar-refractivity contribution >= 4 is 43.2 Å². The highest BCUT2D eigenvalue weighted by molar-refractivity contribution is 9.10. The third-order valence-corrected chi connectivity index (χ3v) is 5.86. The molecule has 0 aliphatic rings. The van der Waals surface area contributed by atoms with Crippen LogP contribution in [0.5, 0.6) is 5.75 Å². The van der Waals surface area contributed by atoms with Gasteiger partial charge in [0, 0.05) is 15.8 Å². The molecule has 0 bridgehead atoms. The van der Waals surface area contributed by atoms with Crippen LogP contribution < -0.4 is 14.8 Å². The number of aryl methyl sites for hydroxylation is 1. The molecule has 29 heavy (non-hydrogen) atoms. The smallest absolute Gasteiger partial charge is 0.262 e. The minimum absolute atomic E-state index is 0.0943. The molecule has 0 fully saturated rings. The molecule has 0 saturated heterocycles. The number of ether oxygens (including phenoxy) is 1.